The lowest BCUT2D eigenvalue weighted by atomic mass is 9.81. The van der Waals surface area contributed by atoms with Crippen LogP contribution in [-0.2, 0) is 0 Å². The molecule has 2 saturated carbocycles. The lowest BCUT2D eigenvalue weighted by Gasteiger charge is -2.28. The van der Waals surface area contributed by atoms with E-state index in [1.165, 1.54) is 25.7 Å². The summed E-state index contributed by atoms with van der Waals surface area (Å²) in [4.78, 5) is 0. The van der Waals surface area contributed by atoms with Crippen molar-refractivity contribution in [2.45, 2.75) is 31.7 Å². The van der Waals surface area contributed by atoms with Gasteiger partial charge in [-0.05, 0) is 54.7 Å². The van der Waals surface area contributed by atoms with Crippen LogP contribution in [-0.4, -0.2) is 7.11 Å². The molecule has 0 aromatic heterocycles. The topological polar surface area (TPSA) is 35.2 Å². The molecule has 0 aliphatic heterocycles. The van der Waals surface area contributed by atoms with E-state index in [1.54, 1.807) is 7.11 Å². The summed E-state index contributed by atoms with van der Waals surface area (Å²) in [7, 11) is 1.65. The van der Waals surface area contributed by atoms with Gasteiger partial charge in [0.2, 0.25) is 0 Å². The van der Waals surface area contributed by atoms with Crippen molar-refractivity contribution in [1.82, 2.24) is 0 Å². The van der Waals surface area contributed by atoms with E-state index in [0.29, 0.717) is 5.92 Å². The molecular weight excluding hydrogens is 246 g/mol. The fourth-order valence-electron chi connectivity index (χ4n) is 3.87. The Bertz CT molecular complexity index is 448. The van der Waals surface area contributed by atoms with Gasteiger partial charge in [-0.15, -0.1) is 0 Å². The summed E-state index contributed by atoms with van der Waals surface area (Å²) in [5, 5.41) is 0.740. The predicted molar refractivity (Wildman–Crippen MR) is 73.9 cm³/mol. The van der Waals surface area contributed by atoms with Crippen molar-refractivity contribution in [2.75, 3.05) is 7.11 Å². The minimum absolute atomic E-state index is 0.0821. The molecule has 4 unspecified atom stereocenters. The molecule has 18 heavy (non-hydrogen) atoms. The van der Waals surface area contributed by atoms with E-state index in [-0.39, 0.29) is 6.04 Å². The zero-order valence-corrected chi connectivity index (χ0v) is 11.5. The summed E-state index contributed by atoms with van der Waals surface area (Å²) < 4.78 is 5.18. The van der Waals surface area contributed by atoms with Crippen molar-refractivity contribution < 1.29 is 4.74 Å². The highest BCUT2D eigenvalue weighted by atomic mass is 35.5. The molecule has 0 saturated heterocycles. The first kappa shape index (κ1) is 12.3. The van der Waals surface area contributed by atoms with Crippen molar-refractivity contribution >= 4 is 11.6 Å². The molecule has 1 aromatic carbocycles. The molecule has 0 amide bonds. The Morgan fingerprint density at radius 1 is 1.33 bits per heavy atom. The largest absolute Gasteiger partial charge is 0.497 e. The molecule has 2 nitrogen and oxygen atoms in total. The van der Waals surface area contributed by atoms with Crippen LogP contribution in [0.1, 0.15) is 37.3 Å². The zero-order chi connectivity index (χ0) is 12.7. The van der Waals surface area contributed by atoms with Crippen LogP contribution >= 0.6 is 11.6 Å². The number of hydrogen-bond acceptors (Lipinski definition) is 2. The minimum Gasteiger partial charge on any atom is -0.497 e. The number of halogens is 1. The first-order chi connectivity index (χ1) is 8.69. The summed E-state index contributed by atoms with van der Waals surface area (Å²) in [6, 6.07) is 5.93. The third-order valence-corrected chi connectivity index (χ3v) is 5.15. The Morgan fingerprint density at radius 3 is 2.72 bits per heavy atom. The average Bonchev–Trinajstić information content (AvgIpc) is 3.00. The fraction of sp³-hybridized carbons (Fsp3) is 0.600. The Hall–Kier alpha value is -0.730. The quantitative estimate of drug-likeness (QED) is 0.903. The second-order valence-electron chi connectivity index (χ2n) is 5.75. The van der Waals surface area contributed by atoms with Gasteiger partial charge in [-0.25, -0.2) is 0 Å². The normalized spacial score (nSPS) is 31.6. The van der Waals surface area contributed by atoms with Crippen molar-refractivity contribution in [2.24, 2.45) is 23.5 Å². The second-order valence-corrected chi connectivity index (χ2v) is 6.16. The highest BCUT2D eigenvalue weighted by Gasteiger charge is 2.42. The number of methoxy groups -OCH3 is 1. The minimum atomic E-state index is 0.0821. The molecule has 4 atom stereocenters. The summed E-state index contributed by atoms with van der Waals surface area (Å²) >= 11 is 6.32. The molecule has 0 heterocycles. The van der Waals surface area contributed by atoms with Gasteiger partial charge in [0.05, 0.1) is 7.11 Å². The standard InChI is InChI=1S/C15H20ClNO/c1-18-11-4-5-12(14(16)8-11)15(17)13-7-9-2-3-10(13)6-9/h4-5,8-10,13,15H,2-3,6-7,17H2,1H3. The second kappa shape index (κ2) is 4.75. The lowest BCUT2D eigenvalue weighted by molar-refractivity contribution is 0.284. The van der Waals surface area contributed by atoms with Crippen LogP contribution in [0.15, 0.2) is 18.2 Å². The number of hydrogen-bond donors (Lipinski definition) is 1. The number of benzene rings is 1. The highest BCUT2D eigenvalue weighted by molar-refractivity contribution is 6.31. The van der Waals surface area contributed by atoms with Crippen molar-refractivity contribution in [1.29, 1.82) is 0 Å². The third-order valence-electron chi connectivity index (χ3n) is 4.82. The maximum Gasteiger partial charge on any atom is 0.120 e. The van der Waals surface area contributed by atoms with E-state index in [1.807, 2.05) is 18.2 Å². The average molecular weight is 266 g/mol. The third kappa shape index (κ3) is 2.02. The van der Waals surface area contributed by atoms with Crippen LogP contribution in [0.25, 0.3) is 0 Å². The smallest absolute Gasteiger partial charge is 0.120 e. The maximum absolute atomic E-state index is 6.45. The summed E-state index contributed by atoms with van der Waals surface area (Å²) in [6.07, 6.45) is 5.43. The van der Waals surface area contributed by atoms with Crippen LogP contribution in [0.4, 0.5) is 0 Å². The molecule has 0 spiro atoms. The fourth-order valence-corrected chi connectivity index (χ4v) is 4.17. The molecular formula is C15H20ClNO. The first-order valence-electron chi connectivity index (χ1n) is 6.78. The van der Waals surface area contributed by atoms with Gasteiger partial charge in [-0.3, -0.25) is 0 Å². The first-order valence-corrected chi connectivity index (χ1v) is 7.16. The van der Waals surface area contributed by atoms with Gasteiger partial charge in [0.25, 0.3) is 0 Å². The zero-order valence-electron chi connectivity index (χ0n) is 10.7. The molecule has 3 rings (SSSR count). The monoisotopic (exact) mass is 265 g/mol. The van der Waals surface area contributed by atoms with Crippen molar-refractivity contribution in [3.63, 3.8) is 0 Å². The molecule has 2 fully saturated rings. The summed E-state index contributed by atoms with van der Waals surface area (Å²) in [6.45, 7) is 0. The van der Waals surface area contributed by atoms with Gasteiger partial charge < -0.3 is 10.5 Å². The Morgan fingerprint density at radius 2 is 2.17 bits per heavy atom. The van der Waals surface area contributed by atoms with Crippen molar-refractivity contribution in [3.05, 3.63) is 28.8 Å². The van der Waals surface area contributed by atoms with Crippen LogP contribution in [0.2, 0.25) is 5.02 Å². The van der Waals surface area contributed by atoms with E-state index in [2.05, 4.69) is 0 Å². The number of nitrogens with two attached hydrogens (primary N) is 1. The SMILES string of the molecule is COc1ccc(C(N)C2CC3CCC2C3)c(Cl)c1. The van der Waals surface area contributed by atoms with Crippen molar-refractivity contribution in [3.8, 4) is 5.75 Å². The molecule has 2 N–H and O–H groups in total. The molecule has 2 bridgehead atoms. The van der Waals surface area contributed by atoms with Gasteiger partial charge in [-0.2, -0.15) is 0 Å². The van der Waals surface area contributed by atoms with Gasteiger partial charge >= 0.3 is 0 Å². The number of ether oxygens (including phenoxy) is 1. The van der Waals surface area contributed by atoms with Crippen LogP contribution in [0.3, 0.4) is 0 Å². The molecule has 98 valence electrons. The lowest BCUT2D eigenvalue weighted by Crippen LogP contribution is -2.26. The predicted octanol–water partition coefficient (Wildman–Crippen LogP) is 3.78. The van der Waals surface area contributed by atoms with Gasteiger partial charge in [0, 0.05) is 11.1 Å². The Balaban J connectivity index is 1.82. The van der Waals surface area contributed by atoms with E-state index < -0.39 is 0 Å². The summed E-state index contributed by atoms with van der Waals surface area (Å²) in [5.41, 5.74) is 7.53. The van der Waals surface area contributed by atoms with E-state index in [0.717, 1.165) is 28.2 Å². The Labute approximate surface area is 113 Å². The highest BCUT2D eigenvalue weighted by Crippen LogP contribution is 2.52. The molecule has 0 radical (unpaired) electrons. The van der Waals surface area contributed by atoms with E-state index in [4.69, 9.17) is 22.1 Å². The summed E-state index contributed by atoms with van der Waals surface area (Å²) in [5.74, 6) is 3.16. The van der Waals surface area contributed by atoms with Gasteiger partial charge in [0.15, 0.2) is 0 Å². The molecule has 1 aromatic rings. The molecule has 2 aliphatic rings. The van der Waals surface area contributed by atoms with Crippen LogP contribution in [0, 0.1) is 17.8 Å². The van der Waals surface area contributed by atoms with Crippen LogP contribution < -0.4 is 10.5 Å². The van der Waals surface area contributed by atoms with Gasteiger partial charge in [-0.1, -0.05) is 24.1 Å². The molecule has 3 heteroatoms. The van der Waals surface area contributed by atoms with Crippen LogP contribution in [0.5, 0.6) is 5.75 Å². The molecule has 2 aliphatic carbocycles. The van der Waals surface area contributed by atoms with E-state index >= 15 is 0 Å². The number of rotatable bonds is 3. The van der Waals surface area contributed by atoms with Gasteiger partial charge in [0.1, 0.15) is 5.75 Å². The maximum atomic E-state index is 6.45. The Kier molecular flexibility index (Phi) is 3.25. The van der Waals surface area contributed by atoms with E-state index in [9.17, 15) is 0 Å². The number of fused-ring (bicyclic) bond motifs is 2.